The van der Waals surface area contributed by atoms with E-state index in [1.807, 2.05) is 18.2 Å². The fourth-order valence-electron chi connectivity index (χ4n) is 3.98. The molecule has 2 heterocycles. The van der Waals surface area contributed by atoms with Crippen LogP contribution >= 0.6 is 11.8 Å². The number of anilines is 1. The maximum atomic E-state index is 11.1. The summed E-state index contributed by atoms with van der Waals surface area (Å²) in [5.74, 6) is 0.763. The predicted molar refractivity (Wildman–Crippen MR) is 148 cm³/mol. The first-order valence-corrected chi connectivity index (χ1v) is 13.3. The first kappa shape index (κ1) is 25.9. The lowest BCUT2D eigenvalue weighted by Gasteiger charge is -2.35. The molecule has 1 fully saturated rings. The van der Waals surface area contributed by atoms with Crippen LogP contribution in [0.1, 0.15) is 48.0 Å². The number of benzene rings is 2. The Morgan fingerprint density at radius 2 is 1.69 bits per heavy atom. The number of aromatic nitrogens is 2. The smallest absolute Gasteiger partial charge is 0.335 e. The van der Waals surface area contributed by atoms with Crippen molar-refractivity contribution < 1.29 is 9.90 Å². The Balaban J connectivity index is 1.40. The van der Waals surface area contributed by atoms with E-state index in [1.165, 1.54) is 5.56 Å². The Bertz CT molecular complexity index is 1180. The van der Waals surface area contributed by atoms with Gasteiger partial charge in [0.15, 0.2) is 5.16 Å². The molecule has 0 bridgehead atoms. The molecule has 6 nitrogen and oxygen atoms in total. The van der Waals surface area contributed by atoms with Gasteiger partial charge in [0.2, 0.25) is 0 Å². The van der Waals surface area contributed by atoms with E-state index in [0.29, 0.717) is 11.3 Å². The lowest BCUT2D eigenvalue weighted by molar-refractivity contribution is 0.0697. The lowest BCUT2D eigenvalue weighted by atomic mass is 9.92. The molecule has 1 saturated heterocycles. The zero-order chi connectivity index (χ0) is 25.5. The van der Waals surface area contributed by atoms with Gasteiger partial charge in [-0.25, -0.2) is 14.8 Å². The highest BCUT2D eigenvalue weighted by atomic mass is 32.2. The normalized spacial score (nSPS) is 14.9. The van der Waals surface area contributed by atoms with Crippen molar-refractivity contribution in [1.29, 1.82) is 0 Å². The van der Waals surface area contributed by atoms with Gasteiger partial charge in [-0.15, -0.1) is 0 Å². The first-order valence-electron chi connectivity index (χ1n) is 12.3. The van der Waals surface area contributed by atoms with E-state index in [1.54, 1.807) is 23.9 Å². The highest BCUT2D eigenvalue weighted by Crippen LogP contribution is 2.29. The van der Waals surface area contributed by atoms with Crippen molar-refractivity contribution in [3.63, 3.8) is 0 Å². The summed E-state index contributed by atoms with van der Waals surface area (Å²) >= 11 is 1.59. The summed E-state index contributed by atoms with van der Waals surface area (Å²) < 4.78 is 0. The Hall–Kier alpha value is -3.16. The van der Waals surface area contributed by atoms with Crippen LogP contribution in [0.15, 0.2) is 71.9 Å². The molecule has 3 aromatic rings. The van der Waals surface area contributed by atoms with Crippen LogP contribution < -0.4 is 4.90 Å². The third kappa shape index (κ3) is 7.18. The van der Waals surface area contributed by atoms with Gasteiger partial charge in [0.1, 0.15) is 5.82 Å². The van der Waals surface area contributed by atoms with Crippen LogP contribution in [0.2, 0.25) is 0 Å². The quantitative estimate of drug-likeness (QED) is 0.318. The third-order valence-corrected chi connectivity index (χ3v) is 7.12. The van der Waals surface area contributed by atoms with Gasteiger partial charge in [-0.05, 0) is 23.3 Å². The van der Waals surface area contributed by atoms with Crippen molar-refractivity contribution in [2.24, 2.45) is 0 Å². The Kier molecular flexibility index (Phi) is 8.44. The summed E-state index contributed by atoms with van der Waals surface area (Å²) in [5, 5.41) is 9.87. The SMILES string of the molecule is CC(C)(C)c1cc(N2CCN(C/C=C/c3ccccc3)CC2)nc(SCc2ccc(C(=O)O)cc2)n1. The van der Waals surface area contributed by atoms with E-state index in [-0.39, 0.29) is 5.41 Å². The van der Waals surface area contributed by atoms with Gasteiger partial charge in [0.25, 0.3) is 0 Å². The van der Waals surface area contributed by atoms with Crippen molar-refractivity contribution in [3.8, 4) is 0 Å². The summed E-state index contributed by atoms with van der Waals surface area (Å²) in [6.45, 7) is 11.3. The second kappa shape index (κ2) is 11.7. The van der Waals surface area contributed by atoms with E-state index >= 15 is 0 Å². The van der Waals surface area contributed by atoms with Gasteiger partial charge in [-0.1, -0.05) is 87.1 Å². The molecule has 0 atom stereocenters. The Morgan fingerprint density at radius 1 is 1.00 bits per heavy atom. The molecule has 7 heteroatoms. The number of piperazine rings is 1. The Morgan fingerprint density at radius 3 is 2.33 bits per heavy atom. The van der Waals surface area contributed by atoms with Crippen molar-refractivity contribution >= 4 is 29.6 Å². The fraction of sp³-hybridized carbons (Fsp3) is 0.345. The minimum absolute atomic E-state index is 0.0831. The molecule has 4 rings (SSSR count). The number of carbonyl (C=O) groups is 1. The summed E-state index contributed by atoms with van der Waals surface area (Å²) in [6, 6.07) is 19.5. The van der Waals surface area contributed by atoms with E-state index in [0.717, 1.165) is 55.0 Å². The van der Waals surface area contributed by atoms with Crippen LogP contribution in [-0.2, 0) is 11.2 Å². The van der Waals surface area contributed by atoms with E-state index in [4.69, 9.17) is 15.1 Å². The molecule has 1 N–H and O–H groups in total. The topological polar surface area (TPSA) is 69.6 Å². The lowest BCUT2D eigenvalue weighted by Crippen LogP contribution is -2.46. The molecule has 0 spiro atoms. The van der Waals surface area contributed by atoms with Crippen molar-refractivity contribution in [3.05, 3.63) is 89.1 Å². The monoisotopic (exact) mass is 502 g/mol. The second-order valence-electron chi connectivity index (χ2n) is 10.0. The number of rotatable bonds is 8. The number of carboxylic acids is 1. The number of hydrogen-bond donors (Lipinski definition) is 1. The van der Waals surface area contributed by atoms with E-state index in [2.05, 4.69) is 73.1 Å². The zero-order valence-electron chi connectivity index (χ0n) is 21.2. The highest BCUT2D eigenvalue weighted by molar-refractivity contribution is 7.98. The Labute approximate surface area is 218 Å². The van der Waals surface area contributed by atoms with Crippen molar-refractivity contribution in [2.45, 2.75) is 37.1 Å². The minimum atomic E-state index is -0.910. The highest BCUT2D eigenvalue weighted by Gasteiger charge is 2.23. The number of hydrogen-bond acceptors (Lipinski definition) is 6. The standard InChI is InChI=1S/C29H34N4O2S/c1-29(2,3)25-20-26(31-28(30-25)36-21-23-11-13-24(14-12-23)27(34)35)33-18-16-32(17-19-33)15-7-10-22-8-5-4-6-9-22/h4-14,20H,15-19,21H2,1-3H3,(H,34,35)/b10-7+. The average molecular weight is 503 g/mol. The molecule has 0 unspecified atom stereocenters. The molecule has 0 saturated carbocycles. The second-order valence-corrected chi connectivity index (χ2v) is 11.0. The van der Waals surface area contributed by atoms with E-state index in [9.17, 15) is 4.79 Å². The van der Waals surface area contributed by atoms with Crippen LogP contribution in [0.4, 0.5) is 5.82 Å². The van der Waals surface area contributed by atoms with Gasteiger partial charge in [-0.2, -0.15) is 0 Å². The third-order valence-electron chi connectivity index (χ3n) is 6.20. The molecule has 2 aromatic carbocycles. The van der Waals surface area contributed by atoms with Crippen LogP contribution in [0.25, 0.3) is 6.08 Å². The summed E-state index contributed by atoms with van der Waals surface area (Å²) in [7, 11) is 0. The summed E-state index contributed by atoms with van der Waals surface area (Å²) in [6.07, 6.45) is 4.43. The van der Waals surface area contributed by atoms with Crippen LogP contribution in [0.5, 0.6) is 0 Å². The number of thioether (sulfide) groups is 1. The van der Waals surface area contributed by atoms with Crippen LogP contribution in [0, 0.1) is 0 Å². The van der Waals surface area contributed by atoms with Crippen LogP contribution in [0.3, 0.4) is 0 Å². The number of nitrogens with zero attached hydrogens (tertiary/aromatic N) is 4. The largest absolute Gasteiger partial charge is 0.478 e. The maximum Gasteiger partial charge on any atom is 0.335 e. The molecular formula is C29H34N4O2S. The minimum Gasteiger partial charge on any atom is -0.478 e. The molecule has 0 amide bonds. The number of carboxylic acid groups (broad SMARTS) is 1. The molecule has 0 radical (unpaired) electrons. The van der Waals surface area contributed by atoms with Crippen molar-refractivity contribution in [2.75, 3.05) is 37.6 Å². The molecule has 0 aliphatic carbocycles. The predicted octanol–water partition coefficient (Wildman–Crippen LogP) is 5.60. The van der Waals surface area contributed by atoms with Gasteiger partial charge < -0.3 is 10.0 Å². The summed E-state index contributed by atoms with van der Waals surface area (Å²) in [4.78, 5) is 25.7. The van der Waals surface area contributed by atoms with Crippen LogP contribution in [-0.4, -0.2) is 58.7 Å². The maximum absolute atomic E-state index is 11.1. The molecular weight excluding hydrogens is 468 g/mol. The summed E-state index contributed by atoms with van der Waals surface area (Å²) in [5.41, 5.74) is 3.53. The van der Waals surface area contributed by atoms with Gasteiger partial charge in [-0.3, -0.25) is 4.90 Å². The fourth-order valence-corrected chi connectivity index (χ4v) is 4.79. The van der Waals surface area contributed by atoms with Gasteiger partial charge in [0, 0.05) is 50.0 Å². The van der Waals surface area contributed by atoms with E-state index < -0.39 is 5.97 Å². The number of aromatic carboxylic acids is 1. The first-order chi connectivity index (χ1) is 17.3. The zero-order valence-corrected chi connectivity index (χ0v) is 22.0. The average Bonchev–Trinajstić information content (AvgIpc) is 2.88. The molecule has 1 aromatic heterocycles. The molecule has 1 aliphatic rings. The van der Waals surface area contributed by atoms with Gasteiger partial charge in [0.05, 0.1) is 11.3 Å². The molecule has 36 heavy (non-hydrogen) atoms. The van der Waals surface area contributed by atoms with Gasteiger partial charge >= 0.3 is 5.97 Å². The van der Waals surface area contributed by atoms with Crippen molar-refractivity contribution in [1.82, 2.24) is 14.9 Å². The molecule has 1 aliphatic heterocycles. The molecule has 188 valence electrons.